The lowest BCUT2D eigenvalue weighted by Gasteiger charge is -2.32. The number of rotatable bonds is 4. The Labute approximate surface area is 138 Å². The first-order valence-electron chi connectivity index (χ1n) is 7.54. The fourth-order valence-electron chi connectivity index (χ4n) is 1.68. The van der Waals surface area contributed by atoms with Gasteiger partial charge in [-0.1, -0.05) is 20.8 Å². The molecule has 0 aromatic heterocycles. The van der Waals surface area contributed by atoms with Gasteiger partial charge in [-0.15, -0.1) is 0 Å². The van der Waals surface area contributed by atoms with E-state index in [0.29, 0.717) is 0 Å². The molecule has 0 bridgehead atoms. The minimum atomic E-state index is -0.811. The molecule has 0 aromatic carbocycles. The lowest BCUT2D eigenvalue weighted by molar-refractivity contribution is -0.148. The molecule has 0 spiro atoms. The quantitative estimate of drug-likeness (QED) is 0.796. The van der Waals surface area contributed by atoms with Crippen LogP contribution in [0.3, 0.4) is 0 Å². The predicted molar refractivity (Wildman–Crippen MR) is 86.9 cm³/mol. The number of hydrogen-bond donors (Lipinski definition) is 1. The van der Waals surface area contributed by atoms with Crippen LogP contribution >= 0.6 is 0 Å². The Balaban J connectivity index is 5.00. The summed E-state index contributed by atoms with van der Waals surface area (Å²) in [5, 5.41) is 2.64. The van der Waals surface area contributed by atoms with Crippen molar-refractivity contribution in [2.24, 2.45) is 5.41 Å². The van der Waals surface area contributed by atoms with Gasteiger partial charge in [-0.05, 0) is 33.1 Å². The third-order valence-electron chi connectivity index (χ3n) is 3.23. The van der Waals surface area contributed by atoms with Crippen molar-refractivity contribution in [1.82, 2.24) is 10.2 Å². The predicted octanol–water partition coefficient (Wildman–Crippen LogP) is 1.95. The van der Waals surface area contributed by atoms with Gasteiger partial charge in [-0.25, -0.2) is 9.59 Å². The van der Waals surface area contributed by atoms with Crippen LogP contribution in [0.4, 0.5) is 4.79 Å². The van der Waals surface area contributed by atoms with Crippen molar-refractivity contribution in [3.8, 4) is 0 Å². The van der Waals surface area contributed by atoms with Crippen molar-refractivity contribution in [2.75, 3.05) is 14.2 Å². The average Bonchev–Trinajstić information content (AvgIpc) is 2.38. The van der Waals surface area contributed by atoms with E-state index in [-0.39, 0.29) is 0 Å². The Morgan fingerprint density at radius 3 is 1.87 bits per heavy atom. The van der Waals surface area contributed by atoms with Gasteiger partial charge in [0.2, 0.25) is 5.91 Å². The largest absolute Gasteiger partial charge is 0.467 e. The summed E-state index contributed by atoms with van der Waals surface area (Å²) in [5.41, 5.74) is -1.17. The van der Waals surface area contributed by atoms with Crippen LogP contribution < -0.4 is 5.32 Å². The Kier molecular flexibility index (Phi) is 7.06. The summed E-state index contributed by atoms with van der Waals surface area (Å²) in [7, 11) is 2.74. The summed E-state index contributed by atoms with van der Waals surface area (Å²) in [4.78, 5) is 37.4. The normalized spacial score (nSPS) is 14.5. The molecule has 0 heterocycles. The molecule has 0 aromatic rings. The van der Waals surface area contributed by atoms with E-state index >= 15 is 0 Å². The molecule has 0 saturated heterocycles. The summed E-state index contributed by atoms with van der Waals surface area (Å²) >= 11 is 0. The molecule has 7 nitrogen and oxygen atoms in total. The molecular weight excluding hydrogens is 300 g/mol. The summed E-state index contributed by atoms with van der Waals surface area (Å²) in [5.74, 6) is -0.985. The summed E-state index contributed by atoms with van der Waals surface area (Å²) < 4.78 is 9.96. The van der Waals surface area contributed by atoms with Gasteiger partial charge in [0.1, 0.15) is 17.7 Å². The molecule has 1 N–H and O–H groups in total. The average molecular weight is 330 g/mol. The molecule has 7 heteroatoms. The van der Waals surface area contributed by atoms with E-state index in [2.05, 4.69) is 5.32 Å². The number of likely N-dealkylation sites (N-methyl/N-ethyl adjacent to an activating group) is 1. The molecule has 0 fully saturated rings. The number of carbonyl (C=O) groups excluding carboxylic acids is 3. The second-order valence-electron chi connectivity index (χ2n) is 7.60. The maximum Gasteiger partial charge on any atom is 0.410 e. The maximum absolute atomic E-state index is 12.4. The van der Waals surface area contributed by atoms with Gasteiger partial charge >= 0.3 is 12.1 Å². The number of amides is 2. The van der Waals surface area contributed by atoms with Gasteiger partial charge in [-0.2, -0.15) is 0 Å². The first kappa shape index (κ1) is 21.2. The van der Waals surface area contributed by atoms with Gasteiger partial charge < -0.3 is 14.8 Å². The Morgan fingerprint density at radius 1 is 1.04 bits per heavy atom. The number of ether oxygens (including phenoxy) is 2. The molecule has 0 aliphatic carbocycles. The highest BCUT2D eigenvalue weighted by atomic mass is 16.6. The summed E-state index contributed by atoms with van der Waals surface area (Å²) in [6, 6.07) is -1.60. The van der Waals surface area contributed by atoms with Gasteiger partial charge in [-0.3, -0.25) is 9.69 Å². The lowest BCUT2D eigenvalue weighted by Crippen LogP contribution is -2.55. The van der Waals surface area contributed by atoms with Crippen molar-refractivity contribution in [1.29, 1.82) is 0 Å². The van der Waals surface area contributed by atoms with E-state index in [1.165, 1.54) is 19.1 Å². The Morgan fingerprint density at radius 2 is 1.52 bits per heavy atom. The van der Waals surface area contributed by atoms with Crippen LogP contribution in [0, 0.1) is 5.41 Å². The zero-order valence-electron chi connectivity index (χ0n) is 15.6. The van der Waals surface area contributed by atoms with Crippen molar-refractivity contribution in [2.45, 2.75) is 66.2 Å². The Bertz CT molecular complexity index is 448. The SMILES string of the molecule is COC(=O)C(NC(=O)C(C)N(C)C(=O)OC(C)(C)C)C(C)(C)C. The minimum Gasteiger partial charge on any atom is -0.467 e. The molecule has 2 amide bonds. The molecular formula is C16H30N2O5. The molecule has 0 aliphatic rings. The van der Waals surface area contributed by atoms with Gasteiger partial charge in [0.05, 0.1) is 7.11 Å². The van der Waals surface area contributed by atoms with Crippen molar-refractivity contribution in [3.05, 3.63) is 0 Å². The third kappa shape index (κ3) is 6.88. The first-order valence-corrected chi connectivity index (χ1v) is 7.54. The van der Waals surface area contributed by atoms with Crippen LogP contribution in [0.5, 0.6) is 0 Å². The maximum atomic E-state index is 12.4. The number of methoxy groups -OCH3 is 1. The highest BCUT2D eigenvalue weighted by Gasteiger charge is 2.36. The number of esters is 1. The van der Waals surface area contributed by atoms with Crippen molar-refractivity contribution < 1.29 is 23.9 Å². The Hall–Kier alpha value is -1.79. The number of hydrogen-bond acceptors (Lipinski definition) is 5. The standard InChI is InChI=1S/C16H30N2O5/c1-10(18(8)14(21)23-16(5,6)7)12(19)17-11(13(20)22-9)15(2,3)4/h10-11H,1-9H3,(H,17,19). The second kappa shape index (κ2) is 7.66. The molecule has 2 atom stereocenters. The molecule has 0 aliphatic heterocycles. The van der Waals surface area contributed by atoms with Crippen molar-refractivity contribution in [3.63, 3.8) is 0 Å². The zero-order valence-corrected chi connectivity index (χ0v) is 15.6. The molecule has 2 unspecified atom stereocenters. The van der Waals surface area contributed by atoms with E-state index in [1.54, 1.807) is 27.7 Å². The van der Waals surface area contributed by atoms with Crippen LogP contribution in [0.25, 0.3) is 0 Å². The highest BCUT2D eigenvalue weighted by Crippen LogP contribution is 2.20. The third-order valence-corrected chi connectivity index (χ3v) is 3.23. The summed E-state index contributed by atoms with van der Waals surface area (Å²) in [6.07, 6.45) is -0.606. The van der Waals surface area contributed by atoms with Crippen LogP contribution in [-0.2, 0) is 19.1 Å². The van der Waals surface area contributed by atoms with E-state index in [0.717, 1.165) is 0 Å². The zero-order chi connectivity index (χ0) is 18.6. The number of nitrogens with one attached hydrogen (secondary N) is 1. The van der Waals surface area contributed by atoms with Gasteiger partial charge in [0.25, 0.3) is 0 Å². The van der Waals surface area contributed by atoms with Crippen LogP contribution in [0.15, 0.2) is 0 Å². The molecule has 0 radical (unpaired) electrons. The number of carbonyl (C=O) groups is 3. The fourth-order valence-corrected chi connectivity index (χ4v) is 1.68. The smallest absolute Gasteiger partial charge is 0.410 e. The minimum absolute atomic E-state index is 0.455. The van der Waals surface area contributed by atoms with Gasteiger partial charge in [0.15, 0.2) is 0 Å². The highest BCUT2D eigenvalue weighted by molar-refractivity contribution is 5.89. The van der Waals surface area contributed by atoms with E-state index in [1.807, 2.05) is 20.8 Å². The molecule has 0 saturated carbocycles. The van der Waals surface area contributed by atoms with Gasteiger partial charge in [0, 0.05) is 7.05 Å². The first-order chi connectivity index (χ1) is 10.2. The molecule has 0 rings (SSSR count). The van der Waals surface area contributed by atoms with E-state index in [9.17, 15) is 14.4 Å². The molecule has 134 valence electrons. The number of nitrogens with zero attached hydrogens (tertiary/aromatic N) is 1. The van der Waals surface area contributed by atoms with Crippen LogP contribution in [0.2, 0.25) is 0 Å². The topological polar surface area (TPSA) is 84.9 Å². The van der Waals surface area contributed by atoms with Crippen LogP contribution in [-0.4, -0.2) is 54.7 Å². The summed E-state index contributed by atoms with van der Waals surface area (Å²) in [6.45, 7) is 12.3. The van der Waals surface area contributed by atoms with Crippen LogP contribution in [0.1, 0.15) is 48.5 Å². The molecule has 23 heavy (non-hydrogen) atoms. The lowest BCUT2D eigenvalue weighted by atomic mass is 9.86. The monoisotopic (exact) mass is 330 g/mol. The second-order valence-corrected chi connectivity index (χ2v) is 7.60. The van der Waals surface area contributed by atoms with E-state index < -0.39 is 41.1 Å². The van der Waals surface area contributed by atoms with E-state index in [4.69, 9.17) is 9.47 Å². The fraction of sp³-hybridized carbons (Fsp3) is 0.812. The van der Waals surface area contributed by atoms with Crippen molar-refractivity contribution >= 4 is 18.0 Å².